The summed E-state index contributed by atoms with van der Waals surface area (Å²) in [7, 11) is 0. The molecule has 0 aliphatic carbocycles. The first-order chi connectivity index (χ1) is 14.3. The topological polar surface area (TPSA) is 123 Å². The Bertz CT molecular complexity index is 969. The molecule has 0 aliphatic heterocycles. The molecule has 2 amide bonds. The second kappa shape index (κ2) is 10.7. The van der Waals surface area contributed by atoms with Crippen molar-refractivity contribution in [3.05, 3.63) is 75.3 Å². The first-order valence-electron chi connectivity index (χ1n) is 8.77. The average molecular weight is 428 g/mol. The zero-order valence-electron chi connectivity index (χ0n) is 16.3. The molecule has 3 N–H and O–H groups in total. The predicted molar refractivity (Wildman–Crippen MR) is 116 cm³/mol. The van der Waals surface area contributed by atoms with Gasteiger partial charge in [0, 0.05) is 18.2 Å². The number of ether oxygens (including phenoxy) is 1. The normalized spacial score (nSPS) is 10.3. The molecule has 2 rings (SSSR count). The van der Waals surface area contributed by atoms with Gasteiger partial charge < -0.3 is 4.74 Å². The zero-order chi connectivity index (χ0) is 22.1. The van der Waals surface area contributed by atoms with Gasteiger partial charge in [-0.1, -0.05) is 18.2 Å². The summed E-state index contributed by atoms with van der Waals surface area (Å²) in [6, 6.07) is 11.3. The van der Waals surface area contributed by atoms with E-state index in [1.165, 1.54) is 36.4 Å². The van der Waals surface area contributed by atoms with Crippen molar-refractivity contribution in [2.75, 3.05) is 6.61 Å². The lowest BCUT2D eigenvalue weighted by molar-refractivity contribution is -0.384. The Kier molecular flexibility index (Phi) is 8.00. The summed E-state index contributed by atoms with van der Waals surface area (Å²) < 4.78 is 5.52. The summed E-state index contributed by atoms with van der Waals surface area (Å²) in [4.78, 5) is 33.9. The molecule has 0 aliphatic rings. The third kappa shape index (κ3) is 6.99. The van der Waals surface area contributed by atoms with E-state index in [0.29, 0.717) is 11.3 Å². The van der Waals surface area contributed by atoms with Crippen molar-refractivity contribution in [3.63, 3.8) is 0 Å². The van der Waals surface area contributed by atoms with Crippen LogP contribution >= 0.6 is 12.2 Å². The Hall–Kier alpha value is -3.79. The fourth-order valence-corrected chi connectivity index (χ4v) is 2.54. The van der Waals surface area contributed by atoms with Crippen molar-refractivity contribution in [1.82, 2.24) is 16.2 Å². The number of amides is 2. The smallest absolute Gasteiger partial charge is 0.276 e. The number of hydrazine groups is 1. The number of para-hydroxylation sites is 1. The minimum absolute atomic E-state index is 0.0423. The molecule has 0 atom stereocenters. The fourth-order valence-electron chi connectivity index (χ4n) is 2.39. The van der Waals surface area contributed by atoms with Crippen LogP contribution in [-0.4, -0.2) is 28.5 Å². The van der Waals surface area contributed by atoms with E-state index in [4.69, 9.17) is 17.0 Å². The van der Waals surface area contributed by atoms with Gasteiger partial charge in [0.2, 0.25) is 5.91 Å². The van der Waals surface area contributed by atoms with Gasteiger partial charge in [-0.05, 0) is 61.0 Å². The van der Waals surface area contributed by atoms with E-state index in [0.717, 1.165) is 11.1 Å². The van der Waals surface area contributed by atoms with Crippen LogP contribution in [0.15, 0.2) is 48.5 Å². The molecular formula is C20H20N4O5S. The van der Waals surface area contributed by atoms with E-state index < -0.39 is 16.7 Å². The van der Waals surface area contributed by atoms with Gasteiger partial charge in [0.1, 0.15) is 5.75 Å². The Labute approximate surface area is 178 Å². The van der Waals surface area contributed by atoms with E-state index in [1.54, 1.807) is 0 Å². The van der Waals surface area contributed by atoms with Crippen molar-refractivity contribution >= 4 is 40.9 Å². The number of nitrogens with one attached hydrogen (secondary N) is 3. The fraction of sp³-hybridized carbons (Fsp3) is 0.150. The van der Waals surface area contributed by atoms with Gasteiger partial charge in [0.25, 0.3) is 11.6 Å². The third-order valence-electron chi connectivity index (χ3n) is 3.84. The number of aryl methyl sites for hydroxylation is 2. The largest absolute Gasteiger partial charge is 0.483 e. The second-order valence-electron chi connectivity index (χ2n) is 6.18. The van der Waals surface area contributed by atoms with Gasteiger partial charge in [-0.15, -0.1) is 0 Å². The number of non-ortho nitro benzene ring substituents is 1. The summed E-state index contributed by atoms with van der Waals surface area (Å²) in [6.45, 7) is 3.54. The van der Waals surface area contributed by atoms with Crippen molar-refractivity contribution in [2.24, 2.45) is 0 Å². The van der Waals surface area contributed by atoms with Gasteiger partial charge in [-0.3, -0.25) is 35.9 Å². The maximum Gasteiger partial charge on any atom is 0.276 e. The maximum absolute atomic E-state index is 11.9. The van der Waals surface area contributed by atoms with Crippen LogP contribution in [0.3, 0.4) is 0 Å². The number of hydrogen-bond donors (Lipinski definition) is 3. The number of nitro groups is 1. The molecule has 0 bridgehead atoms. The van der Waals surface area contributed by atoms with Crippen LogP contribution in [0.4, 0.5) is 5.69 Å². The van der Waals surface area contributed by atoms with Crippen molar-refractivity contribution in [3.8, 4) is 5.75 Å². The molecule has 30 heavy (non-hydrogen) atoms. The first kappa shape index (κ1) is 22.5. The van der Waals surface area contributed by atoms with Crippen molar-refractivity contribution in [2.45, 2.75) is 13.8 Å². The van der Waals surface area contributed by atoms with Gasteiger partial charge in [0.15, 0.2) is 11.7 Å². The lowest BCUT2D eigenvalue weighted by Crippen LogP contribution is -2.49. The van der Waals surface area contributed by atoms with E-state index in [2.05, 4.69) is 16.2 Å². The van der Waals surface area contributed by atoms with E-state index >= 15 is 0 Å². The summed E-state index contributed by atoms with van der Waals surface area (Å²) in [5.74, 6) is -0.373. The predicted octanol–water partition coefficient (Wildman–Crippen LogP) is 2.33. The molecule has 0 fully saturated rings. The van der Waals surface area contributed by atoms with Crippen LogP contribution in [0.2, 0.25) is 0 Å². The highest BCUT2D eigenvalue weighted by Gasteiger charge is 2.08. The lowest BCUT2D eigenvalue weighted by atomic mass is 10.1. The summed E-state index contributed by atoms with van der Waals surface area (Å²) in [5, 5.41) is 12.9. The van der Waals surface area contributed by atoms with E-state index in [1.807, 2.05) is 32.0 Å². The molecule has 0 unspecified atom stereocenters. The number of benzene rings is 2. The number of hydrogen-bond acceptors (Lipinski definition) is 6. The molecule has 9 nitrogen and oxygen atoms in total. The van der Waals surface area contributed by atoms with E-state index in [9.17, 15) is 19.7 Å². The highest BCUT2D eigenvalue weighted by Crippen LogP contribution is 2.21. The Morgan fingerprint density at radius 3 is 2.33 bits per heavy atom. The molecule has 0 radical (unpaired) electrons. The highest BCUT2D eigenvalue weighted by molar-refractivity contribution is 7.80. The molecule has 2 aromatic carbocycles. The van der Waals surface area contributed by atoms with Crippen LogP contribution in [0.5, 0.6) is 5.75 Å². The molecule has 0 spiro atoms. The number of nitrogens with zero attached hydrogens (tertiary/aromatic N) is 1. The van der Waals surface area contributed by atoms with Gasteiger partial charge >= 0.3 is 0 Å². The Balaban J connectivity index is 1.74. The van der Waals surface area contributed by atoms with Gasteiger partial charge in [-0.2, -0.15) is 0 Å². The maximum atomic E-state index is 11.9. The Morgan fingerprint density at radius 2 is 1.73 bits per heavy atom. The molecule has 0 heterocycles. The monoisotopic (exact) mass is 428 g/mol. The summed E-state index contributed by atoms with van der Waals surface area (Å²) in [5.41, 5.74) is 7.13. The quantitative estimate of drug-likeness (QED) is 0.279. The van der Waals surface area contributed by atoms with Crippen LogP contribution < -0.4 is 20.9 Å². The van der Waals surface area contributed by atoms with Crippen LogP contribution in [-0.2, 0) is 9.59 Å². The lowest BCUT2D eigenvalue weighted by Gasteiger charge is -2.13. The van der Waals surface area contributed by atoms with Crippen molar-refractivity contribution in [1.29, 1.82) is 0 Å². The standard InChI is InChI=1S/C20H20N4O5S/c1-13-4-3-5-14(2)19(13)29-12-18(26)22-23-20(30)21-17(25)11-8-15-6-9-16(10-7-15)24(27)28/h3-11H,12H2,1-2H3,(H,22,26)(H2,21,23,25,30)/b11-8+. The molecule has 10 heteroatoms. The molecule has 0 aromatic heterocycles. The number of thiocarbonyl (C=S) groups is 1. The van der Waals surface area contributed by atoms with Crippen molar-refractivity contribution < 1.29 is 19.2 Å². The number of rotatable bonds is 6. The third-order valence-corrected chi connectivity index (χ3v) is 4.04. The molecular weight excluding hydrogens is 408 g/mol. The zero-order valence-corrected chi connectivity index (χ0v) is 17.1. The average Bonchev–Trinajstić information content (AvgIpc) is 2.70. The molecule has 2 aromatic rings. The summed E-state index contributed by atoms with van der Waals surface area (Å²) in [6.07, 6.45) is 2.68. The minimum atomic E-state index is -0.535. The van der Waals surface area contributed by atoms with Gasteiger partial charge in [0.05, 0.1) is 4.92 Å². The molecule has 0 saturated carbocycles. The summed E-state index contributed by atoms with van der Waals surface area (Å²) >= 11 is 4.94. The van der Waals surface area contributed by atoms with E-state index in [-0.39, 0.29) is 17.4 Å². The molecule has 0 saturated heterocycles. The number of carbonyl (C=O) groups is 2. The van der Waals surface area contributed by atoms with Gasteiger partial charge in [-0.25, -0.2) is 0 Å². The minimum Gasteiger partial charge on any atom is -0.483 e. The highest BCUT2D eigenvalue weighted by atomic mass is 32.1. The number of carbonyl (C=O) groups excluding carboxylic acids is 2. The first-order valence-corrected chi connectivity index (χ1v) is 9.18. The Morgan fingerprint density at radius 1 is 1.10 bits per heavy atom. The SMILES string of the molecule is Cc1cccc(C)c1OCC(=O)NNC(=S)NC(=O)/C=C/c1ccc([N+](=O)[O-])cc1. The molecule has 156 valence electrons. The van der Waals surface area contributed by atoms with Crippen LogP contribution in [0.25, 0.3) is 6.08 Å². The number of nitro benzene ring substituents is 1. The van der Waals surface area contributed by atoms with Crippen LogP contribution in [0, 0.1) is 24.0 Å². The van der Waals surface area contributed by atoms with Crippen LogP contribution in [0.1, 0.15) is 16.7 Å². The second-order valence-corrected chi connectivity index (χ2v) is 6.59.